The molecule has 0 spiro atoms. The van der Waals surface area contributed by atoms with E-state index in [1.807, 2.05) is 13.0 Å². The van der Waals surface area contributed by atoms with Crippen LogP contribution in [0.25, 0.3) is 5.57 Å². The van der Waals surface area contributed by atoms with Crippen LogP contribution in [0.2, 0.25) is 0 Å². The summed E-state index contributed by atoms with van der Waals surface area (Å²) in [4.78, 5) is 10.9. The molecule has 2 aliphatic rings. The van der Waals surface area contributed by atoms with Gasteiger partial charge >= 0.3 is 5.97 Å². The van der Waals surface area contributed by atoms with Gasteiger partial charge < -0.3 is 9.84 Å². The predicted molar refractivity (Wildman–Crippen MR) is 114 cm³/mol. The van der Waals surface area contributed by atoms with E-state index in [1.54, 1.807) is 0 Å². The van der Waals surface area contributed by atoms with Gasteiger partial charge in [0.25, 0.3) is 0 Å². The van der Waals surface area contributed by atoms with Crippen LogP contribution in [0.1, 0.15) is 82.6 Å². The van der Waals surface area contributed by atoms with Gasteiger partial charge in [-0.1, -0.05) is 18.2 Å². The molecule has 0 fully saturated rings. The Bertz CT molecular complexity index is 895. The van der Waals surface area contributed by atoms with Crippen LogP contribution in [0.15, 0.2) is 41.5 Å². The average Bonchev–Trinajstić information content (AvgIpc) is 2.76. The van der Waals surface area contributed by atoms with Crippen molar-refractivity contribution in [3.8, 4) is 0 Å². The number of benzene rings is 1. The summed E-state index contributed by atoms with van der Waals surface area (Å²) in [6.07, 6.45) is 9.76. The second-order valence-electron chi connectivity index (χ2n) is 9.11. The summed E-state index contributed by atoms with van der Waals surface area (Å²) < 4.78 is 6.35. The Kier molecular flexibility index (Phi) is 5.42. The Morgan fingerprint density at radius 2 is 1.68 bits per heavy atom. The third-order valence-electron chi connectivity index (χ3n) is 5.91. The van der Waals surface area contributed by atoms with E-state index in [4.69, 9.17) is 9.84 Å². The maximum absolute atomic E-state index is 10.9. The van der Waals surface area contributed by atoms with Crippen molar-refractivity contribution in [1.29, 1.82) is 0 Å². The van der Waals surface area contributed by atoms with Crippen LogP contribution in [-0.4, -0.2) is 11.1 Å². The van der Waals surface area contributed by atoms with E-state index >= 15 is 0 Å². The highest BCUT2D eigenvalue weighted by Gasteiger charge is 2.43. The van der Waals surface area contributed by atoms with E-state index in [9.17, 15) is 4.79 Å². The zero-order chi connectivity index (χ0) is 20.7. The quantitative estimate of drug-likeness (QED) is 0.485. The highest BCUT2D eigenvalue weighted by molar-refractivity contribution is 5.81. The van der Waals surface area contributed by atoms with Gasteiger partial charge in [-0.05, 0) is 112 Å². The maximum atomic E-state index is 10.9. The number of carboxylic acid groups (broad SMARTS) is 1. The van der Waals surface area contributed by atoms with Crippen molar-refractivity contribution in [3.63, 3.8) is 0 Å². The van der Waals surface area contributed by atoms with Crippen molar-refractivity contribution < 1.29 is 14.6 Å². The zero-order valence-electron chi connectivity index (χ0n) is 18.0. The van der Waals surface area contributed by atoms with Crippen molar-refractivity contribution in [2.24, 2.45) is 0 Å². The number of ether oxygens (including phenoxy) is 1. The van der Waals surface area contributed by atoms with Crippen LogP contribution in [-0.2, 0) is 20.7 Å². The van der Waals surface area contributed by atoms with Crippen molar-refractivity contribution >= 4 is 11.5 Å². The molecule has 0 saturated heterocycles. The lowest BCUT2D eigenvalue weighted by atomic mass is 9.81. The van der Waals surface area contributed by atoms with E-state index in [0.29, 0.717) is 0 Å². The van der Waals surface area contributed by atoms with Crippen molar-refractivity contribution in [3.05, 3.63) is 63.8 Å². The van der Waals surface area contributed by atoms with E-state index in [1.165, 1.54) is 52.3 Å². The normalized spacial score (nSPS) is 21.3. The second-order valence-corrected chi connectivity index (χ2v) is 9.11. The lowest BCUT2D eigenvalue weighted by Crippen LogP contribution is -2.22. The molecule has 1 heterocycles. The van der Waals surface area contributed by atoms with Gasteiger partial charge in [0.15, 0.2) is 0 Å². The lowest BCUT2D eigenvalue weighted by molar-refractivity contribution is -0.131. The fraction of sp³-hybridized carbons (Fsp3) is 0.480. The van der Waals surface area contributed by atoms with Crippen LogP contribution in [0, 0.1) is 6.92 Å². The van der Waals surface area contributed by atoms with Crippen LogP contribution in [0.4, 0.5) is 0 Å². The Labute approximate surface area is 168 Å². The third kappa shape index (κ3) is 4.00. The third-order valence-corrected chi connectivity index (χ3v) is 5.91. The summed E-state index contributed by atoms with van der Waals surface area (Å²) in [5.41, 5.74) is 8.06. The van der Waals surface area contributed by atoms with E-state index in [0.717, 1.165) is 18.4 Å². The molecule has 1 aliphatic heterocycles. The summed E-state index contributed by atoms with van der Waals surface area (Å²) >= 11 is 0. The van der Waals surface area contributed by atoms with E-state index in [-0.39, 0.29) is 11.2 Å². The van der Waals surface area contributed by atoms with Crippen molar-refractivity contribution in [1.82, 2.24) is 0 Å². The fourth-order valence-electron chi connectivity index (χ4n) is 4.67. The number of hydrogen-bond acceptors (Lipinski definition) is 2. The van der Waals surface area contributed by atoms with Gasteiger partial charge in [0.2, 0.25) is 0 Å². The minimum atomic E-state index is -0.903. The summed E-state index contributed by atoms with van der Waals surface area (Å²) in [5, 5.41) is 8.93. The average molecular weight is 381 g/mol. The molecule has 3 heteroatoms. The molecule has 3 rings (SSSR count). The number of carboxylic acids is 1. The van der Waals surface area contributed by atoms with Gasteiger partial charge in [0.05, 0.1) is 11.2 Å². The number of rotatable bonds is 4. The summed E-state index contributed by atoms with van der Waals surface area (Å²) in [7, 11) is 0. The van der Waals surface area contributed by atoms with Crippen LogP contribution in [0.3, 0.4) is 0 Å². The fourth-order valence-corrected chi connectivity index (χ4v) is 4.67. The summed E-state index contributed by atoms with van der Waals surface area (Å²) in [6.45, 7) is 12.6. The Hall–Kier alpha value is -2.13. The predicted octanol–water partition coefficient (Wildman–Crippen LogP) is 6.41. The molecule has 1 aromatic rings. The number of carbonyl (C=O) groups is 1. The molecule has 0 bridgehead atoms. The zero-order valence-corrected chi connectivity index (χ0v) is 18.0. The first-order chi connectivity index (χ1) is 13.0. The molecule has 0 saturated carbocycles. The van der Waals surface area contributed by atoms with Crippen molar-refractivity contribution in [2.45, 2.75) is 78.4 Å². The van der Waals surface area contributed by atoms with Crippen LogP contribution < -0.4 is 0 Å². The highest BCUT2D eigenvalue weighted by Crippen LogP contribution is 2.48. The van der Waals surface area contributed by atoms with Crippen molar-refractivity contribution in [2.75, 3.05) is 0 Å². The minimum absolute atomic E-state index is 0.273. The Morgan fingerprint density at radius 1 is 1.07 bits per heavy atom. The highest BCUT2D eigenvalue weighted by atomic mass is 16.5. The molecular formula is C25H32O3. The first-order valence-corrected chi connectivity index (χ1v) is 10.2. The number of aliphatic carboxylic acids is 1. The molecule has 3 nitrogen and oxygen atoms in total. The molecule has 0 amide bonds. The first kappa shape index (κ1) is 20.6. The second kappa shape index (κ2) is 7.36. The van der Waals surface area contributed by atoms with Gasteiger partial charge in [-0.3, -0.25) is 0 Å². The lowest BCUT2D eigenvalue weighted by Gasteiger charge is -2.25. The maximum Gasteiger partial charge on any atom is 0.328 e. The molecule has 1 aromatic carbocycles. The first-order valence-electron chi connectivity index (χ1n) is 10.2. The minimum Gasteiger partial charge on any atom is -0.478 e. The monoisotopic (exact) mass is 380 g/mol. The Balaban J connectivity index is 2.09. The summed E-state index contributed by atoms with van der Waals surface area (Å²) in [6, 6.07) is 4.64. The number of hydrogen-bond donors (Lipinski definition) is 1. The number of allylic oxidation sites excluding steroid dienone is 5. The molecule has 28 heavy (non-hydrogen) atoms. The van der Waals surface area contributed by atoms with Gasteiger partial charge in [0.1, 0.15) is 0 Å². The smallest absolute Gasteiger partial charge is 0.328 e. The van der Waals surface area contributed by atoms with Crippen LogP contribution >= 0.6 is 0 Å². The van der Waals surface area contributed by atoms with E-state index in [2.05, 4.69) is 52.8 Å². The number of aryl methyl sites for hydroxylation is 1. The SMILES string of the molecule is CC(C=CC1=C(c2cc3c(cc2C)C(C)(C)OC3(C)C)CCCC1)=CC(=O)O. The Morgan fingerprint density at radius 3 is 2.32 bits per heavy atom. The molecule has 0 atom stereocenters. The van der Waals surface area contributed by atoms with Gasteiger partial charge in [-0.25, -0.2) is 4.79 Å². The molecule has 150 valence electrons. The molecule has 0 unspecified atom stereocenters. The van der Waals surface area contributed by atoms with Crippen LogP contribution in [0.5, 0.6) is 0 Å². The molecule has 1 aliphatic carbocycles. The molecule has 0 radical (unpaired) electrons. The van der Waals surface area contributed by atoms with Gasteiger partial charge in [-0.15, -0.1) is 0 Å². The van der Waals surface area contributed by atoms with Gasteiger partial charge in [0, 0.05) is 6.08 Å². The molecular weight excluding hydrogens is 348 g/mol. The summed E-state index contributed by atoms with van der Waals surface area (Å²) in [5.74, 6) is -0.903. The number of fused-ring (bicyclic) bond motifs is 1. The van der Waals surface area contributed by atoms with E-state index < -0.39 is 5.97 Å². The molecule has 1 N–H and O–H groups in total. The van der Waals surface area contributed by atoms with Gasteiger partial charge in [-0.2, -0.15) is 0 Å². The topological polar surface area (TPSA) is 46.5 Å². The standard InChI is InChI=1S/C25H32O3/c1-16(13-23(26)27)11-12-18-9-7-8-10-19(18)20-15-22-21(14-17(20)2)24(3,4)28-25(22,5)6/h11-15H,7-10H2,1-6H3,(H,26,27). The largest absolute Gasteiger partial charge is 0.478 e. The molecule has 0 aromatic heterocycles.